The molecule has 1 aromatic carbocycles. The Morgan fingerprint density at radius 1 is 1.19 bits per heavy atom. The summed E-state index contributed by atoms with van der Waals surface area (Å²) in [6.07, 6.45) is 6.43. The largest absolute Gasteiger partial charge is 0.490 e. The molecule has 2 aromatic rings. The van der Waals surface area contributed by atoms with Gasteiger partial charge in [-0.05, 0) is 55.5 Å². The van der Waals surface area contributed by atoms with Gasteiger partial charge in [-0.2, -0.15) is 0 Å². The number of ether oxygens (including phenoxy) is 1. The van der Waals surface area contributed by atoms with E-state index in [1.165, 1.54) is 18.4 Å². The molecule has 1 aliphatic carbocycles. The van der Waals surface area contributed by atoms with E-state index in [1.807, 2.05) is 36.5 Å². The second-order valence-electron chi connectivity index (χ2n) is 5.47. The number of hydrazine groups is 1. The number of pyridine rings is 1. The number of nitrogens with one attached hydrogen (secondary N) is 1. The van der Waals surface area contributed by atoms with E-state index >= 15 is 0 Å². The first kappa shape index (κ1) is 14.0. The lowest BCUT2D eigenvalue weighted by atomic mass is 10.0. The highest BCUT2D eigenvalue weighted by molar-refractivity contribution is 5.29. The van der Waals surface area contributed by atoms with E-state index in [4.69, 9.17) is 10.6 Å². The zero-order chi connectivity index (χ0) is 14.5. The summed E-state index contributed by atoms with van der Waals surface area (Å²) >= 11 is 0. The molecule has 1 fully saturated rings. The first-order valence-electron chi connectivity index (χ1n) is 7.48. The van der Waals surface area contributed by atoms with Crippen LogP contribution in [0.15, 0.2) is 48.7 Å². The molecule has 0 radical (unpaired) electrons. The minimum Gasteiger partial charge on any atom is -0.490 e. The van der Waals surface area contributed by atoms with Gasteiger partial charge in [-0.25, -0.2) is 0 Å². The number of aromatic nitrogens is 1. The van der Waals surface area contributed by atoms with E-state index in [2.05, 4.69) is 22.5 Å². The summed E-state index contributed by atoms with van der Waals surface area (Å²) in [6.45, 7) is 0. The van der Waals surface area contributed by atoms with E-state index in [0.29, 0.717) is 6.10 Å². The normalized spacial score (nSPS) is 15.7. The second-order valence-corrected chi connectivity index (χ2v) is 5.47. The summed E-state index contributed by atoms with van der Waals surface area (Å²) in [6, 6.07) is 14.3. The topological polar surface area (TPSA) is 60.2 Å². The summed E-state index contributed by atoms with van der Waals surface area (Å²) in [5.74, 6) is 6.64. The van der Waals surface area contributed by atoms with Crippen LogP contribution >= 0.6 is 0 Å². The Balaban J connectivity index is 1.59. The van der Waals surface area contributed by atoms with Gasteiger partial charge in [-0.3, -0.25) is 16.3 Å². The first-order chi connectivity index (χ1) is 10.3. The Bertz CT molecular complexity index is 552. The van der Waals surface area contributed by atoms with Gasteiger partial charge in [-0.1, -0.05) is 18.2 Å². The van der Waals surface area contributed by atoms with Crippen molar-refractivity contribution in [3.63, 3.8) is 0 Å². The molecule has 1 saturated carbocycles. The second kappa shape index (κ2) is 6.70. The highest BCUT2D eigenvalue weighted by Gasteiger charge is 2.23. The Kier molecular flexibility index (Phi) is 4.48. The van der Waals surface area contributed by atoms with Crippen LogP contribution in [0.25, 0.3) is 0 Å². The number of hydrogen-bond acceptors (Lipinski definition) is 4. The quantitative estimate of drug-likeness (QED) is 0.606. The van der Waals surface area contributed by atoms with E-state index in [0.717, 1.165) is 24.3 Å². The fourth-order valence-corrected chi connectivity index (χ4v) is 2.34. The summed E-state index contributed by atoms with van der Waals surface area (Å²) in [4.78, 5) is 4.34. The Morgan fingerprint density at radius 3 is 2.62 bits per heavy atom. The summed E-state index contributed by atoms with van der Waals surface area (Å²) in [7, 11) is 0. The van der Waals surface area contributed by atoms with Crippen LogP contribution in [0.4, 0.5) is 0 Å². The molecule has 4 nitrogen and oxygen atoms in total. The van der Waals surface area contributed by atoms with Crippen LogP contribution in [0.1, 0.15) is 36.6 Å². The average Bonchev–Trinajstić information content (AvgIpc) is 3.34. The van der Waals surface area contributed by atoms with E-state index in [9.17, 15) is 0 Å². The molecule has 1 aliphatic rings. The Morgan fingerprint density at radius 2 is 2.00 bits per heavy atom. The van der Waals surface area contributed by atoms with Crippen molar-refractivity contribution >= 4 is 0 Å². The zero-order valence-electron chi connectivity index (χ0n) is 12.0. The molecule has 0 spiro atoms. The van der Waals surface area contributed by atoms with Gasteiger partial charge < -0.3 is 4.74 Å². The molecule has 0 aliphatic heterocycles. The van der Waals surface area contributed by atoms with Gasteiger partial charge >= 0.3 is 0 Å². The molecular formula is C17H21N3O. The summed E-state index contributed by atoms with van der Waals surface area (Å²) in [5.41, 5.74) is 5.16. The molecule has 110 valence electrons. The van der Waals surface area contributed by atoms with Gasteiger partial charge in [0.05, 0.1) is 6.10 Å². The van der Waals surface area contributed by atoms with Gasteiger partial charge in [0.1, 0.15) is 5.75 Å². The zero-order valence-corrected chi connectivity index (χ0v) is 12.0. The van der Waals surface area contributed by atoms with E-state index < -0.39 is 0 Å². The van der Waals surface area contributed by atoms with Crippen LogP contribution in [0.3, 0.4) is 0 Å². The molecule has 21 heavy (non-hydrogen) atoms. The number of nitrogens with zero attached hydrogens (tertiary/aromatic N) is 1. The fourth-order valence-electron chi connectivity index (χ4n) is 2.34. The van der Waals surface area contributed by atoms with Gasteiger partial charge in [-0.15, -0.1) is 0 Å². The minimum atomic E-state index is 0.127. The van der Waals surface area contributed by atoms with Crippen molar-refractivity contribution in [2.24, 2.45) is 5.84 Å². The Labute approximate surface area is 125 Å². The van der Waals surface area contributed by atoms with Crippen molar-refractivity contribution in [2.75, 3.05) is 0 Å². The SMILES string of the molecule is NNC(CCc1ccccn1)c1ccc(OC2CC2)cc1. The number of hydrogen-bond donors (Lipinski definition) is 2. The highest BCUT2D eigenvalue weighted by Crippen LogP contribution is 2.28. The van der Waals surface area contributed by atoms with Gasteiger partial charge in [0.2, 0.25) is 0 Å². The molecule has 0 bridgehead atoms. The monoisotopic (exact) mass is 283 g/mol. The van der Waals surface area contributed by atoms with Crippen molar-refractivity contribution in [3.05, 3.63) is 59.9 Å². The van der Waals surface area contributed by atoms with Crippen LogP contribution in [0.5, 0.6) is 5.75 Å². The standard InChI is InChI=1S/C17H21N3O/c18-20-17(11-6-14-3-1-2-12-19-14)13-4-7-15(8-5-13)21-16-9-10-16/h1-5,7-8,12,16-17,20H,6,9-11,18H2. The lowest BCUT2D eigenvalue weighted by molar-refractivity contribution is 0.303. The number of benzene rings is 1. The lowest BCUT2D eigenvalue weighted by Crippen LogP contribution is -2.28. The van der Waals surface area contributed by atoms with Crippen molar-refractivity contribution in [1.82, 2.24) is 10.4 Å². The highest BCUT2D eigenvalue weighted by atomic mass is 16.5. The minimum absolute atomic E-state index is 0.127. The van der Waals surface area contributed by atoms with Gasteiger partial charge in [0.25, 0.3) is 0 Å². The average molecular weight is 283 g/mol. The van der Waals surface area contributed by atoms with Crippen LogP contribution in [0.2, 0.25) is 0 Å². The molecule has 1 unspecified atom stereocenters. The maximum Gasteiger partial charge on any atom is 0.119 e. The van der Waals surface area contributed by atoms with Crippen LogP contribution in [-0.4, -0.2) is 11.1 Å². The van der Waals surface area contributed by atoms with Crippen LogP contribution in [-0.2, 0) is 6.42 Å². The van der Waals surface area contributed by atoms with Crippen LogP contribution in [0, 0.1) is 0 Å². The smallest absolute Gasteiger partial charge is 0.119 e. The predicted molar refractivity (Wildman–Crippen MR) is 82.7 cm³/mol. The fraction of sp³-hybridized carbons (Fsp3) is 0.353. The third kappa shape index (κ3) is 4.03. The van der Waals surface area contributed by atoms with Crippen molar-refractivity contribution in [1.29, 1.82) is 0 Å². The summed E-state index contributed by atoms with van der Waals surface area (Å²) in [5, 5.41) is 0. The molecule has 4 heteroatoms. The molecule has 1 heterocycles. The van der Waals surface area contributed by atoms with Crippen LogP contribution < -0.4 is 16.0 Å². The molecule has 1 aromatic heterocycles. The van der Waals surface area contributed by atoms with Gasteiger partial charge in [0, 0.05) is 17.9 Å². The molecule has 3 N–H and O–H groups in total. The number of rotatable bonds is 7. The third-order valence-electron chi connectivity index (χ3n) is 3.73. The van der Waals surface area contributed by atoms with E-state index in [-0.39, 0.29) is 6.04 Å². The molecule has 0 amide bonds. The van der Waals surface area contributed by atoms with Crippen molar-refractivity contribution in [2.45, 2.75) is 37.8 Å². The van der Waals surface area contributed by atoms with E-state index in [1.54, 1.807) is 0 Å². The molecular weight excluding hydrogens is 262 g/mol. The van der Waals surface area contributed by atoms with Gasteiger partial charge in [0.15, 0.2) is 0 Å². The maximum absolute atomic E-state index is 5.76. The Hall–Kier alpha value is -1.91. The molecule has 3 rings (SSSR count). The maximum atomic E-state index is 5.76. The number of nitrogens with two attached hydrogens (primary N) is 1. The first-order valence-corrected chi connectivity index (χ1v) is 7.48. The van der Waals surface area contributed by atoms with Crippen molar-refractivity contribution < 1.29 is 4.74 Å². The third-order valence-corrected chi connectivity index (χ3v) is 3.73. The molecule has 1 atom stereocenters. The number of aryl methyl sites for hydroxylation is 1. The predicted octanol–water partition coefficient (Wildman–Crippen LogP) is 2.76. The summed E-state index contributed by atoms with van der Waals surface area (Å²) < 4.78 is 5.76. The van der Waals surface area contributed by atoms with Crippen molar-refractivity contribution in [3.8, 4) is 5.75 Å². The lowest BCUT2D eigenvalue weighted by Gasteiger charge is -2.16. The molecule has 0 saturated heterocycles.